The van der Waals surface area contributed by atoms with E-state index in [0.717, 1.165) is 17.8 Å². The summed E-state index contributed by atoms with van der Waals surface area (Å²) in [5.74, 6) is -0.438. The van der Waals surface area contributed by atoms with Crippen LogP contribution in [0, 0.1) is 5.82 Å². The molecule has 25 heavy (non-hydrogen) atoms. The SMILES string of the molecule is O=C(Nc1ccccc1F)N1CCn2cccc2[C@@H]1c1ccccc1. The zero-order valence-electron chi connectivity index (χ0n) is 13.6. The van der Waals surface area contributed by atoms with Crippen LogP contribution in [0.3, 0.4) is 0 Å². The summed E-state index contributed by atoms with van der Waals surface area (Å²) in [5, 5.41) is 2.71. The van der Waals surface area contributed by atoms with E-state index in [2.05, 4.69) is 9.88 Å². The Morgan fingerprint density at radius 1 is 0.960 bits per heavy atom. The maximum atomic E-state index is 13.9. The molecule has 1 aromatic heterocycles. The van der Waals surface area contributed by atoms with Crippen LogP contribution in [0.15, 0.2) is 72.9 Å². The Kier molecular flexibility index (Phi) is 3.98. The molecule has 2 heterocycles. The Morgan fingerprint density at radius 3 is 2.52 bits per heavy atom. The number of nitrogens with one attached hydrogen (secondary N) is 1. The van der Waals surface area contributed by atoms with Crippen LogP contribution in [-0.2, 0) is 6.54 Å². The molecule has 1 N–H and O–H groups in total. The summed E-state index contributed by atoms with van der Waals surface area (Å²) in [5.41, 5.74) is 2.28. The molecular weight excluding hydrogens is 317 g/mol. The normalized spacial score (nSPS) is 16.4. The van der Waals surface area contributed by atoms with E-state index in [-0.39, 0.29) is 17.8 Å². The van der Waals surface area contributed by atoms with E-state index in [1.165, 1.54) is 6.07 Å². The number of halogens is 1. The highest BCUT2D eigenvalue weighted by molar-refractivity contribution is 5.90. The lowest BCUT2D eigenvalue weighted by Crippen LogP contribution is -2.44. The van der Waals surface area contributed by atoms with E-state index in [0.29, 0.717) is 6.54 Å². The van der Waals surface area contributed by atoms with Gasteiger partial charge in [0.05, 0.1) is 11.7 Å². The quantitative estimate of drug-likeness (QED) is 0.746. The minimum Gasteiger partial charge on any atom is -0.348 e. The number of fused-ring (bicyclic) bond motifs is 1. The van der Waals surface area contributed by atoms with Crippen LogP contribution in [0.1, 0.15) is 17.3 Å². The number of para-hydroxylation sites is 1. The van der Waals surface area contributed by atoms with Gasteiger partial charge in [0, 0.05) is 25.0 Å². The number of urea groups is 1. The van der Waals surface area contributed by atoms with E-state index in [4.69, 9.17) is 0 Å². The minimum atomic E-state index is -0.438. The third-order valence-electron chi connectivity index (χ3n) is 4.53. The van der Waals surface area contributed by atoms with Crippen molar-refractivity contribution in [3.8, 4) is 0 Å². The summed E-state index contributed by atoms with van der Waals surface area (Å²) in [6, 6.07) is 19.6. The number of carbonyl (C=O) groups is 1. The van der Waals surface area contributed by atoms with Crippen LogP contribution < -0.4 is 5.32 Å². The van der Waals surface area contributed by atoms with Gasteiger partial charge in [-0.1, -0.05) is 42.5 Å². The number of anilines is 1. The van der Waals surface area contributed by atoms with Crippen molar-refractivity contribution in [1.29, 1.82) is 0 Å². The monoisotopic (exact) mass is 335 g/mol. The summed E-state index contributed by atoms with van der Waals surface area (Å²) < 4.78 is 16.0. The molecule has 0 radical (unpaired) electrons. The number of carbonyl (C=O) groups excluding carboxylic acids is 1. The molecule has 0 saturated heterocycles. The highest BCUT2D eigenvalue weighted by Crippen LogP contribution is 2.32. The first-order chi connectivity index (χ1) is 12.2. The molecule has 0 spiro atoms. The third-order valence-corrected chi connectivity index (χ3v) is 4.53. The summed E-state index contributed by atoms with van der Waals surface area (Å²) in [4.78, 5) is 14.6. The molecule has 0 saturated carbocycles. The number of nitrogens with zero attached hydrogens (tertiary/aromatic N) is 2. The van der Waals surface area contributed by atoms with Gasteiger partial charge in [-0.05, 0) is 29.8 Å². The maximum absolute atomic E-state index is 13.9. The molecule has 0 aliphatic carbocycles. The van der Waals surface area contributed by atoms with Gasteiger partial charge in [0.25, 0.3) is 0 Å². The maximum Gasteiger partial charge on any atom is 0.322 e. The zero-order chi connectivity index (χ0) is 17.2. The van der Waals surface area contributed by atoms with Crippen molar-refractivity contribution in [2.24, 2.45) is 0 Å². The van der Waals surface area contributed by atoms with Crippen LogP contribution in [0.5, 0.6) is 0 Å². The van der Waals surface area contributed by atoms with Crippen molar-refractivity contribution < 1.29 is 9.18 Å². The highest BCUT2D eigenvalue weighted by Gasteiger charge is 2.32. The summed E-state index contributed by atoms with van der Waals surface area (Å²) >= 11 is 0. The number of hydrogen-bond donors (Lipinski definition) is 1. The van der Waals surface area contributed by atoms with Gasteiger partial charge in [-0.3, -0.25) is 0 Å². The number of hydrogen-bond acceptors (Lipinski definition) is 1. The van der Waals surface area contributed by atoms with Crippen molar-refractivity contribution >= 4 is 11.7 Å². The van der Waals surface area contributed by atoms with Gasteiger partial charge in [0.2, 0.25) is 0 Å². The first-order valence-corrected chi connectivity index (χ1v) is 8.26. The van der Waals surface area contributed by atoms with Gasteiger partial charge in [0.1, 0.15) is 5.82 Å². The van der Waals surface area contributed by atoms with E-state index < -0.39 is 5.82 Å². The van der Waals surface area contributed by atoms with Crippen LogP contribution in [0.2, 0.25) is 0 Å². The Balaban J connectivity index is 1.68. The van der Waals surface area contributed by atoms with Crippen LogP contribution in [0.4, 0.5) is 14.9 Å². The molecule has 2 aromatic carbocycles. The van der Waals surface area contributed by atoms with Crippen molar-refractivity contribution in [2.75, 3.05) is 11.9 Å². The Hall–Kier alpha value is -3.08. The summed E-state index contributed by atoms with van der Waals surface area (Å²) in [6.07, 6.45) is 2.03. The molecule has 5 heteroatoms. The lowest BCUT2D eigenvalue weighted by Gasteiger charge is -2.37. The zero-order valence-corrected chi connectivity index (χ0v) is 13.6. The van der Waals surface area contributed by atoms with Crippen molar-refractivity contribution in [3.05, 3.63) is 90.0 Å². The van der Waals surface area contributed by atoms with Crippen molar-refractivity contribution in [3.63, 3.8) is 0 Å². The standard InChI is InChI=1S/C20H18FN3O/c21-16-9-4-5-10-17(16)22-20(25)24-14-13-23-12-6-11-18(23)19(24)15-7-2-1-3-8-15/h1-12,19H,13-14H2,(H,22,25)/t19-/m0/s1. The molecule has 1 aliphatic heterocycles. The van der Waals surface area contributed by atoms with Crippen molar-refractivity contribution in [2.45, 2.75) is 12.6 Å². The molecular formula is C20H18FN3O. The Morgan fingerprint density at radius 2 is 1.72 bits per heavy atom. The molecule has 1 atom stereocenters. The molecule has 0 unspecified atom stereocenters. The molecule has 1 aliphatic rings. The second-order valence-electron chi connectivity index (χ2n) is 6.04. The minimum absolute atomic E-state index is 0.195. The Bertz CT molecular complexity index is 891. The second kappa shape index (κ2) is 6.43. The van der Waals surface area contributed by atoms with E-state index in [1.807, 2.05) is 48.7 Å². The van der Waals surface area contributed by atoms with Crippen LogP contribution in [-0.4, -0.2) is 22.0 Å². The second-order valence-corrected chi connectivity index (χ2v) is 6.04. The molecule has 2 amide bonds. The first-order valence-electron chi connectivity index (χ1n) is 8.26. The van der Waals surface area contributed by atoms with E-state index >= 15 is 0 Å². The van der Waals surface area contributed by atoms with Gasteiger partial charge in [-0.25, -0.2) is 9.18 Å². The largest absolute Gasteiger partial charge is 0.348 e. The Labute approximate surface area is 145 Å². The topological polar surface area (TPSA) is 37.3 Å². The lowest BCUT2D eigenvalue weighted by molar-refractivity contribution is 0.181. The van der Waals surface area contributed by atoms with Crippen LogP contribution in [0.25, 0.3) is 0 Å². The highest BCUT2D eigenvalue weighted by atomic mass is 19.1. The van der Waals surface area contributed by atoms with Gasteiger partial charge in [-0.2, -0.15) is 0 Å². The first kappa shape index (κ1) is 15.4. The average molecular weight is 335 g/mol. The number of rotatable bonds is 2. The molecule has 126 valence electrons. The average Bonchev–Trinajstić information content (AvgIpc) is 3.12. The van der Waals surface area contributed by atoms with Gasteiger partial charge in [-0.15, -0.1) is 0 Å². The molecule has 0 bridgehead atoms. The fourth-order valence-electron chi connectivity index (χ4n) is 3.34. The lowest BCUT2D eigenvalue weighted by atomic mass is 10.0. The molecule has 4 rings (SSSR count). The fourth-order valence-corrected chi connectivity index (χ4v) is 3.34. The fraction of sp³-hybridized carbons (Fsp3) is 0.150. The van der Waals surface area contributed by atoms with E-state index in [9.17, 15) is 9.18 Å². The van der Waals surface area contributed by atoms with Crippen molar-refractivity contribution in [1.82, 2.24) is 9.47 Å². The predicted octanol–water partition coefficient (Wildman–Crippen LogP) is 4.26. The number of amides is 2. The third kappa shape index (κ3) is 2.89. The molecule has 4 nitrogen and oxygen atoms in total. The smallest absolute Gasteiger partial charge is 0.322 e. The summed E-state index contributed by atoms with van der Waals surface area (Å²) in [7, 11) is 0. The van der Waals surface area contributed by atoms with E-state index in [1.54, 1.807) is 23.1 Å². The van der Waals surface area contributed by atoms with Gasteiger partial charge >= 0.3 is 6.03 Å². The number of benzene rings is 2. The van der Waals surface area contributed by atoms with Gasteiger partial charge in [0.15, 0.2) is 0 Å². The van der Waals surface area contributed by atoms with Crippen LogP contribution >= 0.6 is 0 Å². The number of aromatic nitrogens is 1. The molecule has 0 fully saturated rings. The molecule has 3 aromatic rings. The summed E-state index contributed by atoms with van der Waals surface area (Å²) in [6.45, 7) is 1.28. The van der Waals surface area contributed by atoms with Gasteiger partial charge < -0.3 is 14.8 Å². The predicted molar refractivity (Wildman–Crippen MR) is 94.8 cm³/mol.